The van der Waals surface area contributed by atoms with Gasteiger partial charge in [-0.1, -0.05) is 13.0 Å². The molecule has 6 nitrogen and oxygen atoms in total. The lowest BCUT2D eigenvalue weighted by Crippen LogP contribution is -2.39. The van der Waals surface area contributed by atoms with E-state index in [2.05, 4.69) is 5.32 Å². The van der Waals surface area contributed by atoms with E-state index in [0.717, 1.165) is 6.42 Å². The van der Waals surface area contributed by atoms with Gasteiger partial charge in [-0.3, -0.25) is 10.1 Å². The third kappa shape index (κ3) is 4.75. The minimum Gasteiger partial charge on any atom is -0.487 e. The molecule has 0 aliphatic heterocycles. The van der Waals surface area contributed by atoms with Gasteiger partial charge in [0.1, 0.15) is 5.69 Å². The minimum absolute atomic E-state index is 0.0415. The van der Waals surface area contributed by atoms with Crippen molar-refractivity contribution in [3.8, 4) is 5.75 Å². The van der Waals surface area contributed by atoms with Crippen molar-refractivity contribution in [2.24, 2.45) is 5.73 Å². The second kappa shape index (κ2) is 6.38. The zero-order valence-corrected chi connectivity index (χ0v) is 11.6. The van der Waals surface area contributed by atoms with Gasteiger partial charge < -0.3 is 15.8 Å². The van der Waals surface area contributed by atoms with Gasteiger partial charge in [0, 0.05) is 12.1 Å². The van der Waals surface area contributed by atoms with Gasteiger partial charge in [-0.2, -0.15) is 0 Å². The van der Waals surface area contributed by atoms with Gasteiger partial charge in [0.2, 0.25) is 0 Å². The summed E-state index contributed by atoms with van der Waals surface area (Å²) in [6, 6.07) is 4.99. The van der Waals surface area contributed by atoms with Crippen LogP contribution in [0.4, 0.5) is 11.4 Å². The van der Waals surface area contributed by atoms with Crippen molar-refractivity contribution >= 4 is 11.4 Å². The summed E-state index contributed by atoms with van der Waals surface area (Å²) >= 11 is 0. The Morgan fingerprint density at radius 2 is 2.16 bits per heavy atom. The highest BCUT2D eigenvalue weighted by molar-refractivity contribution is 5.68. The molecule has 0 aliphatic rings. The van der Waals surface area contributed by atoms with E-state index in [9.17, 15) is 10.1 Å². The monoisotopic (exact) mass is 267 g/mol. The summed E-state index contributed by atoms with van der Waals surface area (Å²) in [5, 5.41) is 14.2. The predicted octanol–water partition coefficient (Wildman–Crippen LogP) is 2.53. The lowest BCUT2D eigenvalue weighted by atomic mass is 10.1. The average Bonchev–Trinajstić information content (AvgIpc) is 2.32. The van der Waals surface area contributed by atoms with Gasteiger partial charge in [0.15, 0.2) is 5.75 Å². The van der Waals surface area contributed by atoms with E-state index in [1.54, 1.807) is 18.2 Å². The van der Waals surface area contributed by atoms with Crippen LogP contribution in [0, 0.1) is 10.1 Å². The molecule has 0 saturated carbocycles. The smallest absolute Gasteiger partial charge is 0.333 e. The first kappa shape index (κ1) is 15.2. The van der Waals surface area contributed by atoms with E-state index in [1.807, 2.05) is 20.8 Å². The van der Waals surface area contributed by atoms with Gasteiger partial charge in [-0.05, 0) is 32.4 Å². The molecule has 0 aliphatic carbocycles. The molecule has 0 atom stereocenters. The quantitative estimate of drug-likeness (QED) is 0.585. The second-order valence-electron chi connectivity index (χ2n) is 5.10. The van der Waals surface area contributed by atoms with E-state index in [1.165, 1.54) is 0 Å². The number of nitro groups is 1. The van der Waals surface area contributed by atoms with Gasteiger partial charge in [0.25, 0.3) is 0 Å². The number of ether oxygens (including phenoxy) is 1. The summed E-state index contributed by atoms with van der Waals surface area (Å²) < 4.78 is 5.41. The summed E-state index contributed by atoms with van der Waals surface area (Å²) in [5.41, 5.74) is 5.80. The first-order chi connectivity index (χ1) is 8.85. The Balaban J connectivity index is 2.99. The zero-order valence-electron chi connectivity index (χ0n) is 11.6. The molecule has 0 spiro atoms. The second-order valence-corrected chi connectivity index (χ2v) is 5.10. The third-order valence-corrected chi connectivity index (χ3v) is 2.38. The number of hydrogen-bond donors (Lipinski definition) is 2. The third-order valence-electron chi connectivity index (χ3n) is 2.38. The fourth-order valence-electron chi connectivity index (χ4n) is 1.50. The van der Waals surface area contributed by atoms with Crippen molar-refractivity contribution in [1.29, 1.82) is 0 Å². The molecule has 1 rings (SSSR count). The fourth-order valence-corrected chi connectivity index (χ4v) is 1.50. The standard InChI is InChI=1S/C13H21N3O3/c1-4-8-19-11-7-5-6-10(12(11)16(17)18)15-9-13(2,3)14/h5-7,15H,4,8-9,14H2,1-3H3. The van der Waals surface area contributed by atoms with Crippen molar-refractivity contribution in [2.75, 3.05) is 18.5 Å². The molecule has 19 heavy (non-hydrogen) atoms. The first-order valence-electron chi connectivity index (χ1n) is 6.28. The summed E-state index contributed by atoms with van der Waals surface area (Å²) in [4.78, 5) is 10.8. The highest BCUT2D eigenvalue weighted by Gasteiger charge is 2.22. The predicted molar refractivity (Wildman–Crippen MR) is 75.6 cm³/mol. The summed E-state index contributed by atoms with van der Waals surface area (Å²) in [6.45, 7) is 6.54. The van der Waals surface area contributed by atoms with Gasteiger partial charge in [0.05, 0.1) is 11.5 Å². The summed E-state index contributed by atoms with van der Waals surface area (Å²) in [7, 11) is 0. The first-order valence-corrected chi connectivity index (χ1v) is 6.28. The molecule has 3 N–H and O–H groups in total. The largest absolute Gasteiger partial charge is 0.487 e. The summed E-state index contributed by atoms with van der Waals surface area (Å²) in [6.07, 6.45) is 0.796. The molecule has 0 radical (unpaired) electrons. The molecule has 6 heteroatoms. The summed E-state index contributed by atoms with van der Waals surface area (Å²) in [5.74, 6) is 0.284. The van der Waals surface area contributed by atoms with Gasteiger partial charge in [-0.25, -0.2) is 0 Å². The van der Waals surface area contributed by atoms with E-state index >= 15 is 0 Å². The highest BCUT2D eigenvalue weighted by atomic mass is 16.6. The minimum atomic E-state index is -0.450. The Morgan fingerprint density at radius 1 is 1.47 bits per heavy atom. The van der Waals surface area contributed by atoms with Crippen molar-refractivity contribution in [1.82, 2.24) is 0 Å². The van der Waals surface area contributed by atoms with Crippen LogP contribution in [0.2, 0.25) is 0 Å². The van der Waals surface area contributed by atoms with Crippen molar-refractivity contribution in [3.63, 3.8) is 0 Å². The molecule has 0 aromatic heterocycles. The molecule has 0 unspecified atom stereocenters. The number of nitrogens with one attached hydrogen (secondary N) is 1. The molecule has 106 valence electrons. The number of rotatable bonds is 7. The SMILES string of the molecule is CCCOc1cccc(NCC(C)(C)N)c1[N+](=O)[O-]. The van der Waals surface area contributed by atoms with Crippen LogP contribution in [-0.2, 0) is 0 Å². The van der Waals surface area contributed by atoms with Gasteiger partial charge in [-0.15, -0.1) is 0 Å². The van der Waals surface area contributed by atoms with Crippen molar-refractivity contribution in [3.05, 3.63) is 28.3 Å². The van der Waals surface area contributed by atoms with Crippen molar-refractivity contribution < 1.29 is 9.66 Å². The Kier molecular flexibility index (Phi) is 5.11. The number of para-hydroxylation sites is 1. The molecule has 0 saturated heterocycles. The van der Waals surface area contributed by atoms with Crippen LogP contribution in [0.25, 0.3) is 0 Å². The molecular formula is C13H21N3O3. The Labute approximate surface area is 113 Å². The molecular weight excluding hydrogens is 246 g/mol. The maximum absolute atomic E-state index is 11.2. The van der Waals surface area contributed by atoms with Gasteiger partial charge >= 0.3 is 5.69 Å². The van der Waals surface area contributed by atoms with E-state index in [4.69, 9.17) is 10.5 Å². The lowest BCUT2D eigenvalue weighted by Gasteiger charge is -2.20. The molecule has 0 amide bonds. The zero-order chi connectivity index (χ0) is 14.5. The Bertz CT molecular complexity index is 441. The number of nitrogens with two attached hydrogens (primary N) is 1. The maximum atomic E-state index is 11.2. The number of benzene rings is 1. The Morgan fingerprint density at radius 3 is 2.68 bits per heavy atom. The van der Waals surface area contributed by atoms with E-state index < -0.39 is 10.5 Å². The Hall–Kier alpha value is -1.82. The molecule has 1 aromatic carbocycles. The average molecular weight is 267 g/mol. The van der Waals surface area contributed by atoms with Crippen molar-refractivity contribution in [2.45, 2.75) is 32.7 Å². The van der Waals surface area contributed by atoms with E-state index in [-0.39, 0.29) is 11.4 Å². The molecule has 1 aromatic rings. The fraction of sp³-hybridized carbons (Fsp3) is 0.538. The number of nitrogens with zero attached hydrogens (tertiary/aromatic N) is 1. The molecule has 0 fully saturated rings. The number of nitro benzene ring substituents is 1. The van der Waals surface area contributed by atoms with Crippen LogP contribution in [-0.4, -0.2) is 23.6 Å². The van der Waals surface area contributed by atoms with Crippen LogP contribution in [0.5, 0.6) is 5.75 Å². The lowest BCUT2D eigenvalue weighted by molar-refractivity contribution is -0.385. The number of hydrogen-bond acceptors (Lipinski definition) is 5. The van der Waals surface area contributed by atoms with Crippen LogP contribution in [0.15, 0.2) is 18.2 Å². The highest BCUT2D eigenvalue weighted by Crippen LogP contribution is 2.34. The normalized spacial score (nSPS) is 11.2. The molecule has 0 bridgehead atoms. The van der Waals surface area contributed by atoms with Crippen LogP contribution in [0.1, 0.15) is 27.2 Å². The van der Waals surface area contributed by atoms with Crippen LogP contribution < -0.4 is 15.8 Å². The van der Waals surface area contributed by atoms with E-state index in [0.29, 0.717) is 18.8 Å². The number of anilines is 1. The van der Waals surface area contributed by atoms with Crippen LogP contribution >= 0.6 is 0 Å². The topological polar surface area (TPSA) is 90.4 Å². The maximum Gasteiger partial charge on any atom is 0.333 e. The van der Waals surface area contributed by atoms with Crippen LogP contribution in [0.3, 0.4) is 0 Å². The molecule has 0 heterocycles.